The van der Waals surface area contributed by atoms with E-state index in [0.717, 1.165) is 0 Å². The molecule has 0 saturated heterocycles. The fraction of sp³-hybridized carbons (Fsp3) is 0.320. The monoisotopic (exact) mass is 384 g/mol. The lowest BCUT2D eigenvalue weighted by Gasteiger charge is -2.39. The van der Waals surface area contributed by atoms with E-state index < -0.39 is 0 Å². The minimum atomic E-state index is 0.0550. The number of nitrogens with zero attached hydrogens (tertiary/aromatic N) is 3. The summed E-state index contributed by atoms with van der Waals surface area (Å²) in [4.78, 5) is 2.49. The van der Waals surface area contributed by atoms with Gasteiger partial charge in [0.25, 0.3) is 5.82 Å². The molecule has 3 nitrogen and oxygen atoms in total. The van der Waals surface area contributed by atoms with Crippen molar-refractivity contribution in [2.45, 2.75) is 34.6 Å². The van der Waals surface area contributed by atoms with E-state index in [0.29, 0.717) is 0 Å². The Morgan fingerprint density at radius 1 is 0.828 bits per heavy atom. The zero-order valence-electron chi connectivity index (χ0n) is 18.7. The van der Waals surface area contributed by atoms with Crippen LogP contribution in [0.4, 0.5) is 0 Å². The van der Waals surface area contributed by atoms with E-state index in [-0.39, 0.29) is 12.3 Å². The summed E-state index contributed by atoms with van der Waals surface area (Å²) in [7, 11) is 4.43. The van der Waals surface area contributed by atoms with Crippen molar-refractivity contribution in [3.05, 3.63) is 77.1 Å². The van der Waals surface area contributed by atoms with Crippen molar-refractivity contribution < 1.29 is 4.57 Å². The van der Waals surface area contributed by atoms with Gasteiger partial charge in [-0.15, -0.1) is 0 Å². The van der Waals surface area contributed by atoms with Crippen LogP contribution in [0.1, 0.15) is 33.5 Å². The van der Waals surface area contributed by atoms with Crippen molar-refractivity contribution in [2.24, 2.45) is 12.5 Å². The fourth-order valence-corrected chi connectivity index (χ4v) is 4.91. The molecule has 2 heterocycles. The fourth-order valence-electron chi connectivity index (χ4n) is 4.91. The Kier molecular flexibility index (Phi) is 4.69. The summed E-state index contributed by atoms with van der Waals surface area (Å²) < 4.78 is 4.64. The van der Waals surface area contributed by atoms with Crippen LogP contribution in [0.15, 0.2) is 60.8 Å². The van der Waals surface area contributed by atoms with Crippen molar-refractivity contribution in [3.63, 3.8) is 0 Å². The second kappa shape index (κ2) is 6.94. The third-order valence-electron chi connectivity index (χ3n) is 6.26. The van der Waals surface area contributed by atoms with Gasteiger partial charge in [0, 0.05) is 18.0 Å². The third-order valence-corrected chi connectivity index (χ3v) is 6.26. The maximum absolute atomic E-state index is 2.49. The Labute approximate surface area is 174 Å². The minimum absolute atomic E-state index is 0.0550. The van der Waals surface area contributed by atoms with E-state index >= 15 is 0 Å². The van der Waals surface area contributed by atoms with Gasteiger partial charge in [0.15, 0.2) is 0 Å². The quantitative estimate of drug-likeness (QED) is 0.488. The number of hydrogen-bond donors (Lipinski definition) is 0. The van der Waals surface area contributed by atoms with Crippen molar-refractivity contribution in [1.29, 1.82) is 0 Å². The molecule has 0 fully saturated rings. The predicted octanol–water partition coefficient (Wildman–Crippen LogP) is 2.32. The minimum Gasteiger partial charge on any atom is -0.409 e. The van der Waals surface area contributed by atoms with Gasteiger partial charge in [0.05, 0.1) is 7.05 Å². The number of aromatic nitrogens is 2. The average Bonchev–Trinajstić information content (AvgIpc) is 2.97. The van der Waals surface area contributed by atoms with Crippen molar-refractivity contribution in [2.75, 3.05) is 7.05 Å². The molecule has 1 aliphatic heterocycles. The molecule has 0 N–H and O–H groups in total. The summed E-state index contributed by atoms with van der Waals surface area (Å²) in [5.41, 5.74) is 5.36. The van der Waals surface area contributed by atoms with Gasteiger partial charge in [-0.2, -0.15) is 0 Å². The molecule has 0 atom stereocenters. The molecule has 0 aliphatic carbocycles. The first-order valence-corrected chi connectivity index (χ1v) is 10.4. The van der Waals surface area contributed by atoms with Crippen LogP contribution in [-0.4, -0.2) is 23.3 Å². The van der Waals surface area contributed by atoms with Gasteiger partial charge in [-0.25, -0.2) is 9.13 Å². The Morgan fingerprint density at radius 2 is 1.41 bits per heavy atom. The number of hydrogen-bond acceptors (Lipinski definition) is 1. The summed E-state index contributed by atoms with van der Waals surface area (Å²) in [6.45, 7) is 11.6. The first kappa shape index (κ1) is 19.6. The molecule has 2 aromatic carbocycles. The van der Waals surface area contributed by atoms with Crippen LogP contribution in [0.3, 0.4) is 0 Å². The molecular weight excluding hydrogens is 353 g/mol. The number of rotatable bonds is 2. The topological polar surface area (TPSA) is 12.1 Å². The molecule has 3 aromatic rings. The van der Waals surface area contributed by atoms with Gasteiger partial charge < -0.3 is 4.81 Å². The van der Waals surface area contributed by atoms with Gasteiger partial charge >= 0.3 is 6.85 Å². The Bertz CT molecular complexity index is 1180. The van der Waals surface area contributed by atoms with Gasteiger partial charge in [0.1, 0.15) is 17.5 Å². The molecule has 0 amide bonds. The lowest BCUT2D eigenvalue weighted by atomic mass is 9.49. The molecule has 0 unspecified atom stereocenters. The SMILES string of the molecule is CC1=c2ccccc2=C(C(C)(C)C)N(C)B1c1c[n+](-c2ccccc2)c(C)n1C. The normalized spacial score (nSPS) is 14.4. The Morgan fingerprint density at radius 3 is 2.03 bits per heavy atom. The van der Waals surface area contributed by atoms with E-state index in [9.17, 15) is 0 Å². The van der Waals surface area contributed by atoms with Crippen LogP contribution in [-0.2, 0) is 7.05 Å². The summed E-state index contributed by atoms with van der Waals surface area (Å²) >= 11 is 0. The van der Waals surface area contributed by atoms with Crippen molar-refractivity contribution in [3.8, 4) is 5.69 Å². The predicted molar refractivity (Wildman–Crippen MR) is 122 cm³/mol. The summed E-state index contributed by atoms with van der Waals surface area (Å²) in [6, 6.07) is 19.5. The second-order valence-electron chi connectivity index (χ2n) is 9.21. The van der Waals surface area contributed by atoms with Gasteiger partial charge in [-0.3, -0.25) is 0 Å². The highest BCUT2D eigenvalue weighted by Crippen LogP contribution is 2.30. The molecule has 1 aliphatic rings. The molecule has 0 bridgehead atoms. The molecule has 4 rings (SSSR count). The van der Waals surface area contributed by atoms with Crippen LogP contribution in [0.5, 0.6) is 0 Å². The maximum atomic E-state index is 2.49. The molecule has 0 saturated carbocycles. The number of fused-ring (bicyclic) bond motifs is 1. The molecule has 0 spiro atoms. The lowest BCUT2D eigenvalue weighted by Crippen LogP contribution is -2.58. The van der Waals surface area contributed by atoms with Crippen LogP contribution < -0.4 is 20.6 Å². The third kappa shape index (κ3) is 3.11. The maximum Gasteiger partial charge on any atom is 0.371 e. The largest absolute Gasteiger partial charge is 0.409 e. The van der Waals surface area contributed by atoms with Crippen molar-refractivity contribution in [1.82, 2.24) is 9.38 Å². The average molecular weight is 384 g/mol. The summed E-state index contributed by atoms with van der Waals surface area (Å²) in [5.74, 6) is 1.23. The molecule has 29 heavy (non-hydrogen) atoms. The van der Waals surface area contributed by atoms with Gasteiger partial charge in [0.2, 0.25) is 0 Å². The van der Waals surface area contributed by atoms with Crippen LogP contribution in [0, 0.1) is 12.3 Å². The zero-order chi connectivity index (χ0) is 20.9. The molecule has 148 valence electrons. The second-order valence-corrected chi connectivity index (χ2v) is 9.21. The first-order valence-electron chi connectivity index (χ1n) is 10.4. The van der Waals surface area contributed by atoms with E-state index in [1.165, 1.54) is 38.7 Å². The smallest absolute Gasteiger partial charge is 0.371 e. The van der Waals surface area contributed by atoms with Gasteiger partial charge in [-0.1, -0.05) is 68.7 Å². The van der Waals surface area contributed by atoms with E-state index in [1.807, 2.05) is 0 Å². The van der Waals surface area contributed by atoms with Crippen LogP contribution >= 0.6 is 0 Å². The zero-order valence-corrected chi connectivity index (χ0v) is 18.7. The Balaban J connectivity index is 1.98. The number of benzene rings is 2. The van der Waals surface area contributed by atoms with Crippen molar-refractivity contribution >= 4 is 23.6 Å². The van der Waals surface area contributed by atoms with E-state index in [2.05, 4.69) is 123 Å². The standard InChI is InChI=1S/C25H31BN3/c1-18-21-15-11-12-16-22(21)24(25(3,4)5)28(7)26(18)23-17-29(19(2)27(23)6)20-13-9-8-10-14-20/h8-17H,1-7H3/q+1. The highest BCUT2D eigenvalue weighted by molar-refractivity contribution is 6.86. The molecular formula is C25H31BN3+. The first-order chi connectivity index (χ1) is 13.7. The lowest BCUT2D eigenvalue weighted by molar-refractivity contribution is -0.601. The Hall–Kier alpha value is -2.75. The molecule has 0 radical (unpaired) electrons. The molecule has 4 heteroatoms. The van der Waals surface area contributed by atoms with Crippen LogP contribution in [0.25, 0.3) is 16.9 Å². The summed E-state index contributed by atoms with van der Waals surface area (Å²) in [5, 5.41) is 2.73. The number of imidazole rings is 1. The summed E-state index contributed by atoms with van der Waals surface area (Å²) in [6.07, 6.45) is 2.31. The highest BCUT2D eigenvalue weighted by atomic mass is 15.2. The van der Waals surface area contributed by atoms with Gasteiger partial charge in [-0.05, 0) is 36.5 Å². The number of para-hydroxylation sites is 1. The molecule has 1 aromatic heterocycles. The van der Waals surface area contributed by atoms with E-state index in [4.69, 9.17) is 0 Å². The highest BCUT2D eigenvalue weighted by Gasteiger charge is 2.40. The van der Waals surface area contributed by atoms with Crippen LogP contribution in [0.2, 0.25) is 0 Å². The van der Waals surface area contributed by atoms with E-state index in [1.54, 1.807) is 0 Å².